The molecule has 1 N–H and O–H groups in total. The van der Waals surface area contributed by atoms with E-state index in [0.29, 0.717) is 6.04 Å². The Balaban J connectivity index is 2.08. The standard InChI is InChI=1S/C13H22N2S/c1-3-11-5-6-13(16-11)12(4-2)15-9-7-14-8-10-15/h5-6,12,14H,3-4,7-10H2,1-2H3/t12-/m1/s1. The van der Waals surface area contributed by atoms with Crippen LogP contribution in [0.25, 0.3) is 0 Å². The van der Waals surface area contributed by atoms with Crippen LogP contribution < -0.4 is 5.32 Å². The SMILES string of the molecule is CCc1ccc([C@@H](CC)N2CCNCC2)s1. The minimum atomic E-state index is 0.646. The van der Waals surface area contributed by atoms with Crippen molar-refractivity contribution >= 4 is 11.3 Å². The van der Waals surface area contributed by atoms with Crippen molar-refractivity contribution in [1.29, 1.82) is 0 Å². The number of piperazine rings is 1. The summed E-state index contributed by atoms with van der Waals surface area (Å²) in [4.78, 5) is 5.70. The van der Waals surface area contributed by atoms with Gasteiger partial charge in [-0.3, -0.25) is 4.90 Å². The molecule has 16 heavy (non-hydrogen) atoms. The molecule has 1 aliphatic heterocycles. The van der Waals surface area contributed by atoms with Crippen molar-refractivity contribution < 1.29 is 0 Å². The van der Waals surface area contributed by atoms with E-state index in [2.05, 4.69) is 36.2 Å². The lowest BCUT2D eigenvalue weighted by Crippen LogP contribution is -2.44. The van der Waals surface area contributed by atoms with Crippen LogP contribution in [0.1, 0.15) is 36.1 Å². The zero-order valence-corrected chi connectivity index (χ0v) is 11.1. The zero-order chi connectivity index (χ0) is 11.4. The van der Waals surface area contributed by atoms with Gasteiger partial charge in [-0.15, -0.1) is 11.3 Å². The Morgan fingerprint density at radius 1 is 1.31 bits per heavy atom. The van der Waals surface area contributed by atoms with Gasteiger partial charge in [0.15, 0.2) is 0 Å². The highest BCUT2D eigenvalue weighted by molar-refractivity contribution is 7.12. The zero-order valence-electron chi connectivity index (χ0n) is 10.3. The summed E-state index contributed by atoms with van der Waals surface area (Å²) in [6.07, 6.45) is 2.40. The smallest absolute Gasteiger partial charge is 0.0440 e. The maximum absolute atomic E-state index is 3.42. The molecule has 0 aliphatic carbocycles. The molecule has 0 aromatic carbocycles. The fourth-order valence-corrected chi connectivity index (χ4v) is 3.57. The first-order valence-corrected chi connectivity index (χ1v) is 7.20. The van der Waals surface area contributed by atoms with E-state index in [1.807, 2.05) is 11.3 Å². The molecule has 1 fully saturated rings. The van der Waals surface area contributed by atoms with Gasteiger partial charge in [0.05, 0.1) is 0 Å². The van der Waals surface area contributed by atoms with Crippen LogP contribution in [0.15, 0.2) is 12.1 Å². The van der Waals surface area contributed by atoms with E-state index in [-0.39, 0.29) is 0 Å². The quantitative estimate of drug-likeness (QED) is 0.867. The van der Waals surface area contributed by atoms with Crippen LogP contribution in [0, 0.1) is 0 Å². The maximum Gasteiger partial charge on any atom is 0.0440 e. The molecular weight excluding hydrogens is 216 g/mol. The number of hydrogen-bond donors (Lipinski definition) is 1. The van der Waals surface area contributed by atoms with Gasteiger partial charge in [-0.2, -0.15) is 0 Å². The van der Waals surface area contributed by atoms with Gasteiger partial charge in [0.1, 0.15) is 0 Å². The van der Waals surface area contributed by atoms with E-state index in [4.69, 9.17) is 0 Å². The molecule has 1 saturated heterocycles. The van der Waals surface area contributed by atoms with Crippen molar-refractivity contribution in [2.75, 3.05) is 26.2 Å². The number of rotatable bonds is 4. The molecule has 2 nitrogen and oxygen atoms in total. The van der Waals surface area contributed by atoms with Crippen molar-refractivity contribution in [1.82, 2.24) is 10.2 Å². The third kappa shape index (κ3) is 2.65. The molecule has 0 bridgehead atoms. The summed E-state index contributed by atoms with van der Waals surface area (Å²) in [6.45, 7) is 9.21. The van der Waals surface area contributed by atoms with Crippen LogP contribution in [-0.2, 0) is 6.42 Å². The van der Waals surface area contributed by atoms with Gasteiger partial charge in [-0.25, -0.2) is 0 Å². The number of nitrogens with one attached hydrogen (secondary N) is 1. The van der Waals surface area contributed by atoms with Crippen molar-refractivity contribution in [3.63, 3.8) is 0 Å². The second kappa shape index (κ2) is 5.80. The molecule has 1 atom stereocenters. The minimum Gasteiger partial charge on any atom is -0.314 e. The number of nitrogens with zero attached hydrogens (tertiary/aromatic N) is 1. The molecule has 1 aromatic rings. The van der Waals surface area contributed by atoms with E-state index >= 15 is 0 Å². The molecule has 0 saturated carbocycles. The van der Waals surface area contributed by atoms with Crippen molar-refractivity contribution in [2.24, 2.45) is 0 Å². The molecule has 1 aromatic heterocycles. The lowest BCUT2D eigenvalue weighted by molar-refractivity contribution is 0.172. The van der Waals surface area contributed by atoms with Gasteiger partial charge < -0.3 is 5.32 Å². The molecule has 0 amide bonds. The first-order valence-electron chi connectivity index (χ1n) is 6.38. The number of aryl methyl sites for hydroxylation is 1. The van der Waals surface area contributed by atoms with E-state index in [9.17, 15) is 0 Å². The van der Waals surface area contributed by atoms with Crippen LogP contribution in [0.3, 0.4) is 0 Å². The highest BCUT2D eigenvalue weighted by atomic mass is 32.1. The second-order valence-electron chi connectivity index (χ2n) is 4.37. The van der Waals surface area contributed by atoms with Crippen molar-refractivity contribution in [3.8, 4) is 0 Å². The summed E-state index contributed by atoms with van der Waals surface area (Å²) in [6, 6.07) is 5.28. The monoisotopic (exact) mass is 238 g/mol. The first kappa shape index (κ1) is 12.1. The van der Waals surface area contributed by atoms with Crippen molar-refractivity contribution in [3.05, 3.63) is 21.9 Å². The maximum atomic E-state index is 3.42. The van der Waals surface area contributed by atoms with Gasteiger partial charge in [-0.1, -0.05) is 13.8 Å². The summed E-state index contributed by atoms with van der Waals surface area (Å²) in [5, 5.41) is 3.42. The fourth-order valence-electron chi connectivity index (χ4n) is 2.40. The lowest BCUT2D eigenvalue weighted by atomic mass is 10.1. The van der Waals surface area contributed by atoms with Gasteiger partial charge in [-0.05, 0) is 25.0 Å². The number of thiophene rings is 1. The Kier molecular flexibility index (Phi) is 4.38. The Morgan fingerprint density at radius 3 is 2.62 bits per heavy atom. The van der Waals surface area contributed by atoms with Gasteiger partial charge in [0.25, 0.3) is 0 Å². The number of hydrogen-bond acceptors (Lipinski definition) is 3. The Bertz CT molecular complexity index is 315. The van der Waals surface area contributed by atoms with E-state index in [0.717, 1.165) is 13.1 Å². The average molecular weight is 238 g/mol. The summed E-state index contributed by atoms with van der Waals surface area (Å²) < 4.78 is 0. The van der Waals surface area contributed by atoms with Gasteiger partial charge in [0, 0.05) is 42.0 Å². The lowest BCUT2D eigenvalue weighted by Gasteiger charge is -2.33. The molecule has 0 radical (unpaired) electrons. The van der Waals surface area contributed by atoms with Crippen LogP contribution >= 0.6 is 11.3 Å². The molecule has 90 valence electrons. The molecule has 1 aliphatic rings. The highest BCUT2D eigenvalue weighted by Crippen LogP contribution is 2.30. The largest absolute Gasteiger partial charge is 0.314 e. The fraction of sp³-hybridized carbons (Fsp3) is 0.692. The molecule has 2 rings (SSSR count). The van der Waals surface area contributed by atoms with Crippen LogP contribution in [0.2, 0.25) is 0 Å². The Labute approximate surface area is 103 Å². The molecule has 2 heterocycles. The van der Waals surface area contributed by atoms with E-state index in [1.165, 1.54) is 30.8 Å². The predicted octanol–water partition coefficient (Wildman–Crippen LogP) is 2.67. The van der Waals surface area contributed by atoms with Gasteiger partial charge in [0.2, 0.25) is 0 Å². The second-order valence-corrected chi connectivity index (χ2v) is 5.57. The van der Waals surface area contributed by atoms with Crippen LogP contribution in [0.4, 0.5) is 0 Å². The highest BCUT2D eigenvalue weighted by Gasteiger charge is 2.21. The summed E-state index contributed by atoms with van der Waals surface area (Å²) in [7, 11) is 0. The average Bonchev–Trinajstić information content (AvgIpc) is 2.80. The topological polar surface area (TPSA) is 15.3 Å². The molecule has 0 spiro atoms. The van der Waals surface area contributed by atoms with E-state index < -0.39 is 0 Å². The van der Waals surface area contributed by atoms with E-state index in [1.54, 1.807) is 4.88 Å². The van der Waals surface area contributed by atoms with Crippen molar-refractivity contribution in [2.45, 2.75) is 32.7 Å². The first-order chi connectivity index (χ1) is 7.85. The Morgan fingerprint density at radius 2 is 2.06 bits per heavy atom. The third-order valence-corrected chi connectivity index (χ3v) is 4.67. The normalized spacial score (nSPS) is 19.9. The Hall–Kier alpha value is -0.380. The summed E-state index contributed by atoms with van der Waals surface area (Å²) in [5.41, 5.74) is 0. The van der Waals surface area contributed by atoms with Crippen LogP contribution in [0.5, 0.6) is 0 Å². The van der Waals surface area contributed by atoms with Gasteiger partial charge >= 0.3 is 0 Å². The molecular formula is C13H22N2S. The molecule has 3 heteroatoms. The predicted molar refractivity (Wildman–Crippen MR) is 71.2 cm³/mol. The summed E-state index contributed by atoms with van der Waals surface area (Å²) >= 11 is 2.00. The van der Waals surface area contributed by atoms with Crippen LogP contribution in [-0.4, -0.2) is 31.1 Å². The minimum absolute atomic E-state index is 0.646. The summed E-state index contributed by atoms with van der Waals surface area (Å²) in [5.74, 6) is 0. The third-order valence-electron chi connectivity index (χ3n) is 3.34. The molecule has 0 unspecified atom stereocenters.